The summed E-state index contributed by atoms with van der Waals surface area (Å²) in [5.74, 6) is 0. The molecular formula is C74H58Si2. The molecule has 0 aliphatic rings. The number of hydrogen-bond donors (Lipinski definition) is 0. The van der Waals surface area contributed by atoms with Crippen molar-refractivity contribution in [2.75, 3.05) is 0 Å². The van der Waals surface area contributed by atoms with Gasteiger partial charge in [-0.25, -0.2) is 0 Å². The predicted octanol–water partition coefficient (Wildman–Crippen LogP) is 20.3. The zero-order valence-electron chi connectivity index (χ0n) is 44.1. The highest BCUT2D eigenvalue weighted by atomic mass is 28.3. The molecule has 2 heteroatoms. The minimum atomic E-state index is -1.71. The monoisotopic (exact) mass is 1000 g/mol. The molecule has 0 aliphatic carbocycles. The summed E-state index contributed by atoms with van der Waals surface area (Å²) >= 11 is 0. The fourth-order valence-electron chi connectivity index (χ4n) is 13.1. The third kappa shape index (κ3) is 7.30. The molecule has 0 nitrogen and oxygen atoms in total. The van der Waals surface area contributed by atoms with Crippen molar-refractivity contribution in [3.05, 3.63) is 243 Å². The summed E-state index contributed by atoms with van der Waals surface area (Å²) in [6.07, 6.45) is 0. The Morgan fingerprint density at radius 2 is 0.421 bits per heavy atom. The Bertz CT molecular complexity index is 4330. The van der Waals surface area contributed by atoms with Gasteiger partial charge < -0.3 is 0 Å². The van der Waals surface area contributed by atoms with Crippen LogP contribution in [0, 0.1) is 0 Å². The molecule has 0 heterocycles. The first-order valence-corrected chi connectivity index (χ1v) is 34.0. The molecule has 0 radical (unpaired) electrons. The van der Waals surface area contributed by atoms with Crippen LogP contribution in [0.4, 0.5) is 0 Å². The molecule has 0 saturated heterocycles. The van der Waals surface area contributed by atoms with Crippen LogP contribution >= 0.6 is 0 Å². The van der Waals surface area contributed by atoms with Gasteiger partial charge in [0.25, 0.3) is 0 Å². The molecule has 0 bridgehead atoms. The molecule has 0 N–H and O–H groups in total. The molecule has 0 saturated carbocycles. The Morgan fingerprint density at radius 1 is 0.184 bits per heavy atom. The van der Waals surface area contributed by atoms with Crippen LogP contribution in [0.25, 0.3) is 142 Å². The first kappa shape index (κ1) is 46.1. The summed E-state index contributed by atoms with van der Waals surface area (Å²) in [4.78, 5) is 0. The second-order valence-electron chi connectivity index (χ2n) is 23.1. The van der Waals surface area contributed by atoms with Crippen LogP contribution in [0.3, 0.4) is 0 Å². The average molecular weight is 1000 g/mol. The summed E-state index contributed by atoms with van der Waals surface area (Å²) in [6.45, 7) is 14.8. The second-order valence-corrected chi connectivity index (χ2v) is 33.1. The Morgan fingerprint density at radius 3 is 0.724 bits per heavy atom. The molecule has 0 fully saturated rings. The quantitative estimate of drug-likeness (QED) is 0.105. The van der Waals surface area contributed by atoms with E-state index in [2.05, 4.69) is 282 Å². The van der Waals surface area contributed by atoms with Gasteiger partial charge in [-0.1, -0.05) is 280 Å². The van der Waals surface area contributed by atoms with Crippen LogP contribution < -0.4 is 10.4 Å². The topological polar surface area (TPSA) is 0 Å². The van der Waals surface area contributed by atoms with E-state index in [4.69, 9.17) is 0 Å². The van der Waals surface area contributed by atoms with Gasteiger partial charge >= 0.3 is 0 Å². The van der Waals surface area contributed by atoms with E-state index in [0.717, 1.165) is 0 Å². The summed E-state index contributed by atoms with van der Waals surface area (Å²) in [7, 11) is -3.41. The van der Waals surface area contributed by atoms with Crippen LogP contribution in [0.2, 0.25) is 39.3 Å². The maximum Gasteiger partial charge on any atom is 0.0784 e. The van der Waals surface area contributed by atoms with Crippen molar-refractivity contribution in [1.82, 2.24) is 0 Å². The molecular weight excluding hydrogens is 945 g/mol. The van der Waals surface area contributed by atoms with Crippen molar-refractivity contribution in [3.63, 3.8) is 0 Å². The predicted molar refractivity (Wildman–Crippen MR) is 339 cm³/mol. The van der Waals surface area contributed by atoms with Crippen molar-refractivity contribution in [2.45, 2.75) is 39.3 Å². The maximum atomic E-state index is 2.54. The van der Waals surface area contributed by atoms with Crippen molar-refractivity contribution < 1.29 is 0 Å². The second kappa shape index (κ2) is 17.6. The fraction of sp³-hybridized carbons (Fsp3) is 0.0811. The van der Waals surface area contributed by atoms with E-state index in [0.29, 0.717) is 0 Å². The van der Waals surface area contributed by atoms with Gasteiger partial charge in [-0.2, -0.15) is 0 Å². The van der Waals surface area contributed by atoms with Gasteiger partial charge in [-0.05, 0) is 154 Å². The van der Waals surface area contributed by atoms with Crippen LogP contribution in [0.1, 0.15) is 0 Å². The molecule has 14 aromatic carbocycles. The van der Waals surface area contributed by atoms with E-state index in [1.807, 2.05) is 0 Å². The highest BCUT2D eigenvalue weighted by Gasteiger charge is 2.27. The van der Waals surface area contributed by atoms with Gasteiger partial charge in [-0.15, -0.1) is 0 Å². The Kier molecular flexibility index (Phi) is 10.7. The van der Waals surface area contributed by atoms with E-state index in [9.17, 15) is 0 Å². The average Bonchev–Trinajstić information content (AvgIpc) is 3.47. The van der Waals surface area contributed by atoms with Gasteiger partial charge in [0.05, 0.1) is 16.1 Å². The molecule has 0 spiro atoms. The van der Waals surface area contributed by atoms with E-state index in [-0.39, 0.29) is 0 Å². The normalized spacial score (nSPS) is 12.3. The van der Waals surface area contributed by atoms with Crippen LogP contribution in [-0.4, -0.2) is 16.1 Å². The Labute approximate surface area is 447 Å². The lowest BCUT2D eigenvalue weighted by molar-refractivity contribution is 1.63. The summed E-state index contributed by atoms with van der Waals surface area (Å²) in [6, 6.07) is 92.5. The largest absolute Gasteiger partial charge is 0.0784 e. The van der Waals surface area contributed by atoms with E-state index in [1.54, 1.807) is 0 Å². The SMILES string of the molecule is C[Si](C)(C)c1ccc(-c2cc(-c3ccc(-c4ccccc4)c4ccccc34)c3ccc4c(-c5ccc([Si](C)(C)C)c6ccccc56)cc(-c5ccc(-c6ccccc6)c6ccccc56)c5ccc2c3c54)c2ccccc12. The number of fused-ring (bicyclic) bond motifs is 4. The van der Waals surface area contributed by atoms with Crippen molar-refractivity contribution in [1.29, 1.82) is 0 Å². The summed E-state index contributed by atoms with van der Waals surface area (Å²) in [5.41, 5.74) is 15.0. The lowest BCUT2D eigenvalue weighted by atomic mass is 9.80. The maximum absolute atomic E-state index is 2.54. The molecule has 76 heavy (non-hydrogen) atoms. The van der Waals surface area contributed by atoms with Crippen LogP contribution in [0.5, 0.6) is 0 Å². The number of rotatable bonds is 8. The highest BCUT2D eigenvalue weighted by Crippen LogP contribution is 2.52. The van der Waals surface area contributed by atoms with Gasteiger partial charge in [0, 0.05) is 0 Å². The highest BCUT2D eigenvalue weighted by molar-refractivity contribution is 6.91. The van der Waals surface area contributed by atoms with Gasteiger partial charge in [0.1, 0.15) is 0 Å². The van der Waals surface area contributed by atoms with Crippen LogP contribution in [-0.2, 0) is 0 Å². The van der Waals surface area contributed by atoms with Crippen molar-refractivity contribution in [2.24, 2.45) is 0 Å². The third-order valence-electron chi connectivity index (χ3n) is 16.5. The van der Waals surface area contributed by atoms with E-state index < -0.39 is 16.1 Å². The van der Waals surface area contributed by atoms with E-state index >= 15 is 0 Å². The molecule has 0 unspecified atom stereocenters. The molecule has 14 aromatic rings. The first-order valence-electron chi connectivity index (χ1n) is 27.0. The number of hydrogen-bond acceptors (Lipinski definition) is 0. The molecule has 0 aromatic heterocycles. The summed E-state index contributed by atoms with van der Waals surface area (Å²) in [5, 5.41) is 21.1. The molecule has 0 aliphatic heterocycles. The number of benzene rings is 14. The molecule has 362 valence electrons. The lowest BCUT2D eigenvalue weighted by Gasteiger charge is -2.25. The van der Waals surface area contributed by atoms with Gasteiger partial charge in [0.15, 0.2) is 0 Å². The van der Waals surface area contributed by atoms with Gasteiger partial charge in [-0.3, -0.25) is 0 Å². The Balaban J connectivity index is 1.16. The minimum Gasteiger partial charge on any atom is -0.0656 e. The lowest BCUT2D eigenvalue weighted by Crippen LogP contribution is -2.38. The van der Waals surface area contributed by atoms with E-state index in [1.165, 1.54) is 153 Å². The molecule has 14 rings (SSSR count). The minimum absolute atomic E-state index is 1.23. The van der Waals surface area contributed by atoms with Gasteiger partial charge in [0.2, 0.25) is 0 Å². The third-order valence-corrected chi connectivity index (χ3v) is 20.6. The Hall–Kier alpha value is -8.41. The fourth-order valence-corrected chi connectivity index (χ4v) is 16.3. The zero-order chi connectivity index (χ0) is 51.5. The first-order chi connectivity index (χ1) is 37.0. The smallest absolute Gasteiger partial charge is 0.0656 e. The standard InChI is InChI=1S/C74H58Si2/c1-75(2,3)71-43-41-59(55-29-17-19-31-61(55)71)69-45-67(57-35-33-49(47-21-9-7-10-22-47)51-25-13-15-27-53(51)57)63-38-40-66-70(60-42-44-72(76(4,5)6)62-32-20-18-30-56(60)62)46-68(64-37-39-65(69)73(63)74(64)66)58-36-34-50(48-23-11-8-12-24-48)52-26-14-16-28-54(52)58/h7-46H,1-6H3. The van der Waals surface area contributed by atoms with Crippen molar-refractivity contribution in [3.8, 4) is 66.8 Å². The van der Waals surface area contributed by atoms with Crippen LogP contribution in [0.15, 0.2) is 243 Å². The zero-order valence-corrected chi connectivity index (χ0v) is 46.1. The molecule has 0 amide bonds. The molecule has 0 atom stereocenters. The summed E-state index contributed by atoms with van der Waals surface area (Å²) < 4.78 is 0. The van der Waals surface area contributed by atoms with Crippen molar-refractivity contribution >= 4 is 102 Å².